The second kappa shape index (κ2) is 7.19. The fourth-order valence-electron chi connectivity index (χ4n) is 1.06. The van der Waals surface area contributed by atoms with Crippen LogP contribution in [-0.2, 0) is 4.79 Å². The van der Waals surface area contributed by atoms with Crippen molar-refractivity contribution < 1.29 is 9.90 Å². The predicted molar refractivity (Wildman–Crippen MR) is 62.5 cm³/mol. The highest BCUT2D eigenvalue weighted by molar-refractivity contribution is 7.99. The van der Waals surface area contributed by atoms with Crippen LogP contribution < -0.4 is 5.32 Å². The van der Waals surface area contributed by atoms with E-state index < -0.39 is 12.0 Å². The van der Waals surface area contributed by atoms with Crippen molar-refractivity contribution in [3.05, 3.63) is 18.6 Å². The monoisotopic (exact) mass is 241 g/mol. The normalized spacial score (nSPS) is 12.3. The van der Waals surface area contributed by atoms with Crippen molar-refractivity contribution in [2.45, 2.75) is 24.4 Å². The fraction of sp³-hybridized carbons (Fsp3) is 0.500. The highest BCUT2D eigenvalue weighted by atomic mass is 32.2. The zero-order chi connectivity index (χ0) is 11.8. The molecule has 0 aliphatic rings. The molecule has 1 aromatic heterocycles. The second-order valence-corrected chi connectivity index (χ2v) is 4.24. The first kappa shape index (κ1) is 12.9. The number of rotatable bonds is 7. The molecule has 0 aliphatic heterocycles. The summed E-state index contributed by atoms with van der Waals surface area (Å²) in [6, 6.07) is -0.535. The van der Waals surface area contributed by atoms with Crippen LogP contribution in [0.3, 0.4) is 0 Å². The number of thioether (sulfide) groups is 1. The third-order valence-corrected chi connectivity index (χ3v) is 2.88. The van der Waals surface area contributed by atoms with E-state index in [-0.39, 0.29) is 0 Å². The molecule has 1 rings (SSSR count). The van der Waals surface area contributed by atoms with Crippen LogP contribution in [0, 0.1) is 0 Å². The summed E-state index contributed by atoms with van der Waals surface area (Å²) in [6.45, 7) is 2.71. The van der Waals surface area contributed by atoms with Crippen LogP contribution in [0.25, 0.3) is 0 Å². The third kappa shape index (κ3) is 4.59. The number of aliphatic carboxylic acids is 1. The molecular formula is C10H15N3O2S. The lowest BCUT2D eigenvalue weighted by Crippen LogP contribution is -2.39. The summed E-state index contributed by atoms with van der Waals surface area (Å²) in [7, 11) is 0. The van der Waals surface area contributed by atoms with Gasteiger partial charge in [0.15, 0.2) is 0 Å². The SMILES string of the molecule is CCCNC(CSc1cnccn1)C(=O)O. The first-order chi connectivity index (χ1) is 7.74. The Hall–Kier alpha value is -1.14. The fourth-order valence-corrected chi connectivity index (χ4v) is 1.93. The highest BCUT2D eigenvalue weighted by Gasteiger charge is 2.16. The van der Waals surface area contributed by atoms with Gasteiger partial charge in [0.2, 0.25) is 0 Å². The lowest BCUT2D eigenvalue weighted by atomic mass is 10.3. The minimum Gasteiger partial charge on any atom is -0.480 e. The molecular weight excluding hydrogens is 226 g/mol. The van der Waals surface area contributed by atoms with Gasteiger partial charge in [-0.05, 0) is 13.0 Å². The molecule has 1 aromatic rings. The summed E-state index contributed by atoms with van der Waals surface area (Å²) >= 11 is 1.39. The van der Waals surface area contributed by atoms with E-state index in [4.69, 9.17) is 5.11 Å². The third-order valence-electron chi connectivity index (χ3n) is 1.88. The number of hydrogen-bond acceptors (Lipinski definition) is 5. The van der Waals surface area contributed by atoms with Gasteiger partial charge >= 0.3 is 5.97 Å². The van der Waals surface area contributed by atoms with Gasteiger partial charge in [-0.1, -0.05) is 6.92 Å². The van der Waals surface area contributed by atoms with Gasteiger partial charge in [0.1, 0.15) is 11.1 Å². The van der Waals surface area contributed by atoms with Crippen molar-refractivity contribution in [1.29, 1.82) is 0 Å². The Kier molecular flexibility index (Phi) is 5.81. The average molecular weight is 241 g/mol. The van der Waals surface area contributed by atoms with Gasteiger partial charge in [-0.3, -0.25) is 9.78 Å². The van der Waals surface area contributed by atoms with E-state index in [1.165, 1.54) is 11.8 Å². The molecule has 16 heavy (non-hydrogen) atoms. The number of hydrogen-bond donors (Lipinski definition) is 2. The quantitative estimate of drug-likeness (QED) is 0.694. The first-order valence-electron chi connectivity index (χ1n) is 5.09. The van der Waals surface area contributed by atoms with Gasteiger partial charge in [0.25, 0.3) is 0 Å². The van der Waals surface area contributed by atoms with Crippen LogP contribution in [0.1, 0.15) is 13.3 Å². The van der Waals surface area contributed by atoms with Gasteiger partial charge in [-0.15, -0.1) is 11.8 Å². The molecule has 0 fully saturated rings. The Morgan fingerprint density at radius 1 is 1.62 bits per heavy atom. The predicted octanol–water partition coefficient (Wildman–Crippen LogP) is 1.02. The molecule has 2 N–H and O–H groups in total. The van der Waals surface area contributed by atoms with E-state index in [2.05, 4.69) is 15.3 Å². The Balaban J connectivity index is 2.41. The summed E-state index contributed by atoms with van der Waals surface area (Å²) in [5.41, 5.74) is 0. The standard InChI is InChI=1S/C10H15N3O2S/c1-2-3-12-8(10(14)15)7-16-9-6-11-4-5-13-9/h4-6,8,12H,2-3,7H2,1H3,(H,14,15). The van der Waals surface area contributed by atoms with Crippen LogP contribution >= 0.6 is 11.8 Å². The van der Waals surface area contributed by atoms with E-state index in [0.29, 0.717) is 12.3 Å². The Morgan fingerprint density at radius 2 is 2.44 bits per heavy atom. The Labute approximate surface area is 98.7 Å². The molecule has 0 amide bonds. The zero-order valence-electron chi connectivity index (χ0n) is 9.09. The molecule has 0 saturated heterocycles. The van der Waals surface area contributed by atoms with Crippen molar-refractivity contribution in [2.24, 2.45) is 0 Å². The summed E-state index contributed by atoms with van der Waals surface area (Å²) in [6.07, 6.45) is 5.73. The maximum Gasteiger partial charge on any atom is 0.321 e. The van der Waals surface area contributed by atoms with Gasteiger partial charge < -0.3 is 10.4 Å². The van der Waals surface area contributed by atoms with Crippen molar-refractivity contribution in [1.82, 2.24) is 15.3 Å². The van der Waals surface area contributed by atoms with Gasteiger partial charge in [0, 0.05) is 18.1 Å². The van der Waals surface area contributed by atoms with Crippen molar-refractivity contribution in [3.8, 4) is 0 Å². The van der Waals surface area contributed by atoms with Gasteiger partial charge in [-0.2, -0.15) is 0 Å². The molecule has 0 radical (unpaired) electrons. The Morgan fingerprint density at radius 3 is 3.00 bits per heavy atom. The van der Waals surface area contributed by atoms with E-state index >= 15 is 0 Å². The van der Waals surface area contributed by atoms with Gasteiger partial charge in [0.05, 0.1) is 6.20 Å². The lowest BCUT2D eigenvalue weighted by Gasteiger charge is -2.12. The molecule has 88 valence electrons. The topological polar surface area (TPSA) is 75.1 Å². The van der Waals surface area contributed by atoms with Gasteiger partial charge in [-0.25, -0.2) is 4.98 Å². The van der Waals surface area contributed by atoms with Crippen molar-refractivity contribution >= 4 is 17.7 Å². The molecule has 0 aliphatic carbocycles. The molecule has 1 atom stereocenters. The van der Waals surface area contributed by atoms with Crippen LogP contribution in [0.4, 0.5) is 0 Å². The molecule has 5 nitrogen and oxygen atoms in total. The number of carboxylic acids is 1. The molecule has 0 saturated carbocycles. The summed E-state index contributed by atoms with van der Waals surface area (Å²) < 4.78 is 0. The van der Waals surface area contributed by atoms with E-state index in [0.717, 1.165) is 11.4 Å². The zero-order valence-corrected chi connectivity index (χ0v) is 9.91. The van der Waals surface area contributed by atoms with Crippen LogP contribution in [0.15, 0.2) is 23.6 Å². The number of carboxylic acid groups (broad SMARTS) is 1. The lowest BCUT2D eigenvalue weighted by molar-refractivity contribution is -0.138. The molecule has 0 bridgehead atoms. The van der Waals surface area contributed by atoms with Crippen molar-refractivity contribution in [2.75, 3.05) is 12.3 Å². The number of nitrogens with zero attached hydrogens (tertiary/aromatic N) is 2. The Bertz CT molecular complexity index is 321. The maximum atomic E-state index is 10.9. The van der Waals surface area contributed by atoms with E-state index in [1.807, 2.05) is 6.92 Å². The average Bonchev–Trinajstić information content (AvgIpc) is 2.30. The molecule has 0 spiro atoms. The van der Waals surface area contributed by atoms with Crippen molar-refractivity contribution in [3.63, 3.8) is 0 Å². The summed E-state index contributed by atoms with van der Waals surface area (Å²) in [5.74, 6) is -0.376. The smallest absolute Gasteiger partial charge is 0.321 e. The second-order valence-electron chi connectivity index (χ2n) is 3.20. The molecule has 1 heterocycles. The number of nitrogens with one attached hydrogen (secondary N) is 1. The van der Waals surface area contributed by atoms with Crippen LogP contribution in [0.2, 0.25) is 0 Å². The minimum atomic E-state index is -0.829. The van der Waals surface area contributed by atoms with E-state index in [9.17, 15) is 4.79 Å². The largest absolute Gasteiger partial charge is 0.480 e. The molecule has 1 unspecified atom stereocenters. The maximum absolute atomic E-state index is 10.9. The number of carbonyl (C=O) groups is 1. The summed E-state index contributed by atoms with van der Waals surface area (Å²) in [5, 5.41) is 12.7. The summed E-state index contributed by atoms with van der Waals surface area (Å²) in [4.78, 5) is 18.9. The molecule has 6 heteroatoms. The first-order valence-corrected chi connectivity index (χ1v) is 6.07. The minimum absolute atomic E-state index is 0.452. The van der Waals surface area contributed by atoms with Crippen LogP contribution in [0.5, 0.6) is 0 Å². The van der Waals surface area contributed by atoms with E-state index in [1.54, 1.807) is 18.6 Å². The van der Waals surface area contributed by atoms with Crippen LogP contribution in [-0.4, -0.2) is 39.4 Å². The highest BCUT2D eigenvalue weighted by Crippen LogP contribution is 2.14. The molecule has 0 aromatic carbocycles. The number of aromatic nitrogens is 2.